The number of aliphatic carboxylic acids is 1. The Bertz CT molecular complexity index is 318. The maximum Gasteiger partial charge on any atom is 0.310 e. The fourth-order valence-corrected chi connectivity index (χ4v) is 2.39. The van der Waals surface area contributed by atoms with Crippen LogP contribution in [0.15, 0.2) is 16.8 Å². The van der Waals surface area contributed by atoms with Crippen LogP contribution in [-0.2, 0) is 11.3 Å². The summed E-state index contributed by atoms with van der Waals surface area (Å²) in [5, 5.41) is 16.6. The highest BCUT2D eigenvalue weighted by atomic mass is 32.1. The highest BCUT2D eigenvalue weighted by Crippen LogP contribution is 2.25. The lowest BCUT2D eigenvalue weighted by molar-refractivity contribution is -0.149. The molecule has 16 heavy (non-hydrogen) atoms. The summed E-state index contributed by atoms with van der Waals surface area (Å²) in [6.45, 7) is 5.15. The Labute approximate surface area is 100 Å². The van der Waals surface area contributed by atoms with Gasteiger partial charge in [-0.25, -0.2) is 0 Å². The molecular formula is C12H19NO2S. The molecule has 1 heterocycles. The first-order valence-corrected chi connectivity index (χ1v) is 6.54. The summed E-state index contributed by atoms with van der Waals surface area (Å²) in [4.78, 5) is 11.2. The van der Waals surface area contributed by atoms with Crippen LogP contribution >= 0.6 is 11.3 Å². The van der Waals surface area contributed by atoms with Crippen LogP contribution in [0.5, 0.6) is 0 Å². The second-order valence-electron chi connectivity index (χ2n) is 4.03. The topological polar surface area (TPSA) is 49.3 Å². The minimum atomic E-state index is -0.699. The van der Waals surface area contributed by atoms with Crippen molar-refractivity contribution in [2.24, 2.45) is 5.41 Å². The molecule has 3 nitrogen and oxygen atoms in total. The lowest BCUT2D eigenvalue weighted by atomic mass is 9.82. The lowest BCUT2D eigenvalue weighted by Crippen LogP contribution is -2.39. The van der Waals surface area contributed by atoms with Crippen LogP contribution in [0.1, 0.15) is 32.3 Å². The van der Waals surface area contributed by atoms with E-state index in [0.717, 1.165) is 6.54 Å². The molecule has 0 bridgehead atoms. The standard InChI is InChI=1S/C12H19NO2S/c1-3-12(4-2,11(14)15)9-13-7-10-5-6-16-8-10/h5-6,8,13H,3-4,7,9H2,1-2H3,(H,14,15). The third kappa shape index (κ3) is 3.06. The van der Waals surface area contributed by atoms with Crippen LogP contribution in [0.2, 0.25) is 0 Å². The van der Waals surface area contributed by atoms with Crippen molar-refractivity contribution in [3.63, 3.8) is 0 Å². The Kier molecular flexibility index (Phi) is 4.96. The number of hydrogen-bond donors (Lipinski definition) is 2. The predicted molar refractivity (Wildman–Crippen MR) is 66.7 cm³/mol. The molecule has 1 rings (SSSR count). The molecule has 90 valence electrons. The van der Waals surface area contributed by atoms with Crippen molar-refractivity contribution in [3.05, 3.63) is 22.4 Å². The number of carboxylic acids is 1. The van der Waals surface area contributed by atoms with Gasteiger partial charge in [0.15, 0.2) is 0 Å². The van der Waals surface area contributed by atoms with E-state index >= 15 is 0 Å². The van der Waals surface area contributed by atoms with Gasteiger partial charge in [-0.1, -0.05) is 13.8 Å². The van der Waals surface area contributed by atoms with Gasteiger partial charge in [0.25, 0.3) is 0 Å². The monoisotopic (exact) mass is 241 g/mol. The van der Waals surface area contributed by atoms with Crippen molar-refractivity contribution in [1.29, 1.82) is 0 Å². The van der Waals surface area contributed by atoms with Gasteiger partial charge >= 0.3 is 5.97 Å². The Hall–Kier alpha value is -0.870. The lowest BCUT2D eigenvalue weighted by Gasteiger charge is -2.26. The molecular weight excluding hydrogens is 222 g/mol. The fraction of sp³-hybridized carbons (Fsp3) is 0.583. The maximum absolute atomic E-state index is 11.2. The van der Waals surface area contributed by atoms with E-state index in [1.807, 2.05) is 19.2 Å². The van der Waals surface area contributed by atoms with E-state index in [-0.39, 0.29) is 0 Å². The first-order chi connectivity index (χ1) is 7.64. The average molecular weight is 241 g/mol. The van der Waals surface area contributed by atoms with Crippen molar-refractivity contribution in [1.82, 2.24) is 5.32 Å². The van der Waals surface area contributed by atoms with E-state index in [9.17, 15) is 9.90 Å². The van der Waals surface area contributed by atoms with Crippen molar-refractivity contribution >= 4 is 17.3 Å². The third-order valence-electron chi connectivity index (χ3n) is 3.18. The number of nitrogens with one attached hydrogen (secondary N) is 1. The SMILES string of the molecule is CCC(CC)(CNCc1ccsc1)C(=O)O. The van der Waals surface area contributed by atoms with E-state index in [1.54, 1.807) is 11.3 Å². The normalized spacial score (nSPS) is 11.6. The largest absolute Gasteiger partial charge is 0.481 e. The molecule has 0 atom stereocenters. The summed E-state index contributed by atoms with van der Waals surface area (Å²) in [7, 11) is 0. The molecule has 4 heteroatoms. The zero-order chi connectivity index (χ0) is 12.0. The second-order valence-corrected chi connectivity index (χ2v) is 4.81. The number of hydrogen-bond acceptors (Lipinski definition) is 3. The molecule has 0 amide bonds. The predicted octanol–water partition coefficient (Wildman–Crippen LogP) is 2.73. The highest BCUT2D eigenvalue weighted by molar-refractivity contribution is 7.07. The summed E-state index contributed by atoms with van der Waals surface area (Å²) < 4.78 is 0. The Balaban J connectivity index is 2.47. The molecule has 0 unspecified atom stereocenters. The molecule has 0 aliphatic carbocycles. The minimum Gasteiger partial charge on any atom is -0.481 e. The van der Waals surface area contributed by atoms with Gasteiger partial charge in [0.1, 0.15) is 0 Å². The fourth-order valence-electron chi connectivity index (χ4n) is 1.72. The maximum atomic E-state index is 11.2. The quantitative estimate of drug-likeness (QED) is 0.771. The first-order valence-electron chi connectivity index (χ1n) is 5.60. The molecule has 0 saturated carbocycles. The number of carbonyl (C=O) groups is 1. The van der Waals surface area contributed by atoms with Crippen LogP contribution in [0.25, 0.3) is 0 Å². The third-order valence-corrected chi connectivity index (χ3v) is 3.91. The molecule has 0 radical (unpaired) electrons. The molecule has 1 aromatic rings. The van der Waals surface area contributed by atoms with Gasteiger partial charge in [-0.2, -0.15) is 11.3 Å². The van der Waals surface area contributed by atoms with Gasteiger partial charge in [-0.3, -0.25) is 4.79 Å². The van der Waals surface area contributed by atoms with Gasteiger partial charge in [-0.05, 0) is 35.2 Å². The zero-order valence-electron chi connectivity index (χ0n) is 9.82. The van der Waals surface area contributed by atoms with Crippen LogP contribution in [-0.4, -0.2) is 17.6 Å². The summed E-state index contributed by atoms with van der Waals surface area (Å²) in [5.41, 5.74) is 0.604. The molecule has 0 spiro atoms. The van der Waals surface area contributed by atoms with Gasteiger partial charge in [0, 0.05) is 13.1 Å². The van der Waals surface area contributed by atoms with E-state index in [4.69, 9.17) is 0 Å². The molecule has 1 aromatic heterocycles. The summed E-state index contributed by atoms with van der Waals surface area (Å²) in [5.74, 6) is -0.699. The average Bonchev–Trinajstić information content (AvgIpc) is 2.77. The van der Waals surface area contributed by atoms with Crippen molar-refractivity contribution in [2.45, 2.75) is 33.2 Å². The van der Waals surface area contributed by atoms with Gasteiger partial charge in [-0.15, -0.1) is 0 Å². The van der Waals surface area contributed by atoms with E-state index in [1.165, 1.54) is 5.56 Å². The van der Waals surface area contributed by atoms with Crippen LogP contribution in [0, 0.1) is 5.41 Å². The van der Waals surface area contributed by atoms with Crippen LogP contribution < -0.4 is 5.32 Å². The molecule has 0 aliphatic rings. The summed E-state index contributed by atoms with van der Waals surface area (Å²) >= 11 is 1.66. The van der Waals surface area contributed by atoms with Crippen LogP contribution in [0.4, 0.5) is 0 Å². The van der Waals surface area contributed by atoms with E-state index in [0.29, 0.717) is 19.4 Å². The number of rotatable bonds is 7. The van der Waals surface area contributed by atoms with Crippen LogP contribution in [0.3, 0.4) is 0 Å². The number of carboxylic acid groups (broad SMARTS) is 1. The Morgan fingerprint density at radius 2 is 2.19 bits per heavy atom. The molecule has 0 fully saturated rings. The minimum absolute atomic E-state index is 0.533. The van der Waals surface area contributed by atoms with Crippen molar-refractivity contribution < 1.29 is 9.90 Å². The van der Waals surface area contributed by atoms with Gasteiger partial charge < -0.3 is 10.4 Å². The molecule has 0 saturated heterocycles. The smallest absolute Gasteiger partial charge is 0.310 e. The first kappa shape index (κ1) is 13.2. The highest BCUT2D eigenvalue weighted by Gasteiger charge is 2.34. The molecule has 0 aromatic carbocycles. The molecule has 2 N–H and O–H groups in total. The molecule has 0 aliphatic heterocycles. The van der Waals surface area contributed by atoms with Gasteiger partial charge in [0.2, 0.25) is 0 Å². The van der Waals surface area contributed by atoms with E-state index in [2.05, 4.69) is 16.8 Å². The van der Waals surface area contributed by atoms with Gasteiger partial charge in [0.05, 0.1) is 5.41 Å². The number of thiophene rings is 1. The Morgan fingerprint density at radius 1 is 1.50 bits per heavy atom. The Morgan fingerprint density at radius 3 is 2.62 bits per heavy atom. The summed E-state index contributed by atoms with van der Waals surface area (Å²) in [6.07, 6.45) is 1.32. The summed E-state index contributed by atoms with van der Waals surface area (Å²) in [6, 6.07) is 2.05. The zero-order valence-corrected chi connectivity index (χ0v) is 10.6. The van der Waals surface area contributed by atoms with E-state index < -0.39 is 11.4 Å². The van der Waals surface area contributed by atoms with Crippen molar-refractivity contribution in [3.8, 4) is 0 Å². The second kappa shape index (κ2) is 6.01. The van der Waals surface area contributed by atoms with Crippen molar-refractivity contribution in [2.75, 3.05) is 6.54 Å².